The number of hydrogen-bond acceptors (Lipinski definition) is 5. The molecule has 5 heteroatoms. The molecule has 0 aromatic carbocycles. The van der Waals surface area contributed by atoms with Gasteiger partial charge < -0.3 is 25.5 Å². The number of hydrogen-bond donors (Lipinski definition) is 5. The average molecular weight is 210 g/mol. The van der Waals surface area contributed by atoms with Crippen LogP contribution in [-0.2, 0) is 0 Å². The maximum atomic E-state index is 8.74. The van der Waals surface area contributed by atoms with Gasteiger partial charge >= 0.3 is 0 Å². The molecule has 0 aliphatic rings. The Bertz CT molecular complexity index is 95.2. The molecular formula is C9H22O5. The summed E-state index contributed by atoms with van der Waals surface area (Å²) >= 11 is 0. The Balaban J connectivity index is 0. The van der Waals surface area contributed by atoms with E-state index in [2.05, 4.69) is 6.92 Å². The third kappa shape index (κ3) is 14.3. The lowest BCUT2D eigenvalue weighted by Gasteiger charge is -2.02. The van der Waals surface area contributed by atoms with Crippen molar-refractivity contribution >= 4 is 0 Å². The standard InChI is InChI=1S/C6H14O2.C3H8O3/c1-2-3-4-6(8)5-7;4-1-3(6)2-5/h6-8H,2-5H2,1H3;3-6H,1-2H2. The van der Waals surface area contributed by atoms with Crippen LogP contribution in [0.25, 0.3) is 0 Å². The van der Waals surface area contributed by atoms with Gasteiger partial charge in [0.25, 0.3) is 0 Å². The minimum absolute atomic E-state index is 0.0972. The molecule has 1 unspecified atom stereocenters. The topological polar surface area (TPSA) is 101 Å². The van der Waals surface area contributed by atoms with E-state index in [1.165, 1.54) is 0 Å². The largest absolute Gasteiger partial charge is 0.394 e. The van der Waals surface area contributed by atoms with Crippen LogP contribution in [0.1, 0.15) is 26.2 Å². The molecule has 0 saturated heterocycles. The third-order valence-electron chi connectivity index (χ3n) is 1.52. The zero-order valence-corrected chi connectivity index (χ0v) is 8.63. The van der Waals surface area contributed by atoms with Crippen molar-refractivity contribution in [2.45, 2.75) is 38.4 Å². The highest BCUT2D eigenvalue weighted by molar-refractivity contribution is 4.50. The van der Waals surface area contributed by atoms with Crippen LogP contribution in [0.3, 0.4) is 0 Å². The molecule has 0 rings (SSSR count). The first-order valence-corrected chi connectivity index (χ1v) is 4.81. The number of aliphatic hydroxyl groups excluding tert-OH is 5. The summed E-state index contributed by atoms with van der Waals surface area (Å²) in [4.78, 5) is 0. The van der Waals surface area contributed by atoms with E-state index in [4.69, 9.17) is 25.5 Å². The number of aliphatic hydroxyl groups is 5. The highest BCUT2D eigenvalue weighted by Gasteiger charge is 1.97. The van der Waals surface area contributed by atoms with Crippen LogP contribution in [0.5, 0.6) is 0 Å². The first-order valence-electron chi connectivity index (χ1n) is 4.81. The van der Waals surface area contributed by atoms with Gasteiger partial charge in [-0.15, -0.1) is 0 Å². The van der Waals surface area contributed by atoms with Crippen LogP contribution in [0.4, 0.5) is 0 Å². The van der Waals surface area contributed by atoms with Gasteiger partial charge in [0, 0.05) is 0 Å². The van der Waals surface area contributed by atoms with Gasteiger partial charge in [-0.05, 0) is 6.42 Å². The first kappa shape index (κ1) is 16.2. The van der Waals surface area contributed by atoms with E-state index in [1.54, 1.807) is 0 Å². The summed E-state index contributed by atoms with van der Waals surface area (Å²) in [6, 6.07) is 0. The fourth-order valence-corrected chi connectivity index (χ4v) is 0.589. The van der Waals surface area contributed by atoms with E-state index in [1.807, 2.05) is 0 Å². The van der Waals surface area contributed by atoms with Crippen molar-refractivity contribution in [2.75, 3.05) is 19.8 Å². The predicted molar refractivity (Wildman–Crippen MR) is 52.8 cm³/mol. The van der Waals surface area contributed by atoms with E-state index in [0.29, 0.717) is 0 Å². The minimum Gasteiger partial charge on any atom is -0.394 e. The van der Waals surface area contributed by atoms with Gasteiger partial charge in [-0.25, -0.2) is 0 Å². The van der Waals surface area contributed by atoms with Crippen molar-refractivity contribution in [3.05, 3.63) is 0 Å². The molecule has 5 nitrogen and oxygen atoms in total. The average Bonchev–Trinajstić information content (AvgIpc) is 2.25. The van der Waals surface area contributed by atoms with Crippen LogP contribution < -0.4 is 0 Å². The third-order valence-corrected chi connectivity index (χ3v) is 1.52. The quantitative estimate of drug-likeness (QED) is 0.381. The fraction of sp³-hybridized carbons (Fsp3) is 1.00. The maximum Gasteiger partial charge on any atom is 0.100 e. The van der Waals surface area contributed by atoms with Crippen molar-refractivity contribution in [1.29, 1.82) is 0 Å². The maximum absolute atomic E-state index is 8.74. The molecule has 0 aromatic heterocycles. The fourth-order valence-electron chi connectivity index (χ4n) is 0.589. The van der Waals surface area contributed by atoms with E-state index < -0.39 is 12.2 Å². The van der Waals surface area contributed by atoms with E-state index in [-0.39, 0.29) is 19.8 Å². The summed E-state index contributed by atoms with van der Waals surface area (Å²) in [6.45, 7) is 1.23. The number of rotatable bonds is 6. The molecule has 14 heavy (non-hydrogen) atoms. The van der Waals surface area contributed by atoms with Crippen LogP contribution in [0.2, 0.25) is 0 Å². The molecule has 0 spiro atoms. The Morgan fingerprint density at radius 1 is 0.857 bits per heavy atom. The molecular weight excluding hydrogens is 188 g/mol. The highest BCUT2D eigenvalue weighted by atomic mass is 16.3. The molecule has 0 fully saturated rings. The molecule has 0 saturated carbocycles. The molecule has 88 valence electrons. The summed E-state index contributed by atoms with van der Waals surface area (Å²) in [7, 11) is 0. The summed E-state index contributed by atoms with van der Waals surface area (Å²) in [6.07, 6.45) is 1.37. The van der Waals surface area contributed by atoms with Crippen molar-refractivity contribution in [2.24, 2.45) is 0 Å². The van der Waals surface area contributed by atoms with Gasteiger partial charge in [0.05, 0.1) is 25.9 Å². The minimum atomic E-state index is -0.954. The lowest BCUT2D eigenvalue weighted by Crippen LogP contribution is -2.15. The zero-order valence-electron chi connectivity index (χ0n) is 8.63. The van der Waals surface area contributed by atoms with E-state index in [9.17, 15) is 0 Å². The lowest BCUT2D eigenvalue weighted by molar-refractivity contribution is 0.0450. The highest BCUT2D eigenvalue weighted by Crippen LogP contribution is 1.97. The van der Waals surface area contributed by atoms with Crippen LogP contribution in [0.15, 0.2) is 0 Å². The smallest absolute Gasteiger partial charge is 0.100 e. The first-order chi connectivity index (χ1) is 6.62. The molecule has 0 aliphatic heterocycles. The van der Waals surface area contributed by atoms with E-state index >= 15 is 0 Å². The van der Waals surface area contributed by atoms with Gasteiger partial charge in [-0.2, -0.15) is 0 Å². The second-order valence-electron chi connectivity index (χ2n) is 3.00. The molecule has 0 bridgehead atoms. The molecule has 5 N–H and O–H groups in total. The molecule has 0 radical (unpaired) electrons. The van der Waals surface area contributed by atoms with Crippen molar-refractivity contribution in [3.8, 4) is 0 Å². The van der Waals surface area contributed by atoms with Gasteiger partial charge in [-0.3, -0.25) is 0 Å². The molecule has 0 aromatic rings. The normalized spacial score (nSPS) is 12.2. The monoisotopic (exact) mass is 210 g/mol. The summed E-state index contributed by atoms with van der Waals surface area (Å²) in [5.74, 6) is 0. The van der Waals surface area contributed by atoms with E-state index in [0.717, 1.165) is 19.3 Å². The second-order valence-corrected chi connectivity index (χ2v) is 3.00. The van der Waals surface area contributed by atoms with Crippen LogP contribution in [0, 0.1) is 0 Å². The Kier molecular flexibility index (Phi) is 14.8. The summed E-state index contributed by atoms with van der Waals surface area (Å²) in [5, 5.41) is 41.1. The van der Waals surface area contributed by atoms with Crippen molar-refractivity contribution in [3.63, 3.8) is 0 Å². The Labute approximate surface area is 84.6 Å². The molecule has 0 aliphatic carbocycles. The van der Waals surface area contributed by atoms with Gasteiger partial charge in [0.2, 0.25) is 0 Å². The number of unbranched alkanes of at least 4 members (excludes halogenated alkanes) is 1. The Morgan fingerprint density at radius 2 is 1.29 bits per heavy atom. The van der Waals surface area contributed by atoms with Crippen molar-refractivity contribution in [1.82, 2.24) is 0 Å². The molecule has 0 heterocycles. The summed E-state index contributed by atoms with van der Waals surface area (Å²) < 4.78 is 0. The predicted octanol–water partition coefficient (Wildman–Crippen LogP) is -1.14. The zero-order chi connectivity index (χ0) is 11.4. The Morgan fingerprint density at radius 3 is 1.50 bits per heavy atom. The SMILES string of the molecule is CCCCC(O)CO.OCC(O)CO. The van der Waals surface area contributed by atoms with Gasteiger partial charge in [0.1, 0.15) is 6.10 Å². The van der Waals surface area contributed by atoms with Crippen molar-refractivity contribution < 1.29 is 25.5 Å². The molecule has 0 amide bonds. The second kappa shape index (κ2) is 12.8. The van der Waals surface area contributed by atoms with Gasteiger partial charge in [-0.1, -0.05) is 19.8 Å². The molecule has 1 atom stereocenters. The van der Waals surface area contributed by atoms with Crippen LogP contribution in [-0.4, -0.2) is 57.6 Å². The summed E-state index contributed by atoms with van der Waals surface area (Å²) in [5.41, 5.74) is 0. The van der Waals surface area contributed by atoms with Crippen LogP contribution >= 0.6 is 0 Å². The Hall–Kier alpha value is -0.200. The lowest BCUT2D eigenvalue weighted by atomic mass is 10.2. The van der Waals surface area contributed by atoms with Gasteiger partial charge in [0.15, 0.2) is 0 Å².